The van der Waals surface area contributed by atoms with Gasteiger partial charge >= 0.3 is 0 Å². The topological polar surface area (TPSA) is 87.7 Å². The number of methoxy groups -OCH3 is 1. The molecule has 28 heavy (non-hydrogen) atoms. The summed E-state index contributed by atoms with van der Waals surface area (Å²) in [6.07, 6.45) is 1.52. The predicted octanol–water partition coefficient (Wildman–Crippen LogP) is 3.21. The molecule has 7 nitrogen and oxygen atoms in total. The molecule has 0 bridgehead atoms. The molecule has 0 saturated carbocycles. The minimum absolute atomic E-state index is 0.0232. The SMILES string of the molecule is COc1ccc(NC(=O)[C@H]2CCCN(C(=O)c3cccs3)C2)cc1NC(C)=O. The summed E-state index contributed by atoms with van der Waals surface area (Å²) in [6, 6.07) is 8.73. The Hall–Kier alpha value is -2.87. The van der Waals surface area contributed by atoms with Gasteiger partial charge in [0.05, 0.1) is 23.6 Å². The number of nitrogens with one attached hydrogen (secondary N) is 2. The highest BCUT2D eigenvalue weighted by molar-refractivity contribution is 7.12. The molecular formula is C20H23N3O4S. The second kappa shape index (κ2) is 8.88. The first-order valence-electron chi connectivity index (χ1n) is 9.07. The summed E-state index contributed by atoms with van der Waals surface area (Å²) in [5.74, 6) is -0.146. The van der Waals surface area contributed by atoms with E-state index in [1.165, 1.54) is 25.4 Å². The van der Waals surface area contributed by atoms with Crippen LogP contribution in [0.25, 0.3) is 0 Å². The molecule has 1 aromatic carbocycles. The van der Waals surface area contributed by atoms with Crippen molar-refractivity contribution in [3.8, 4) is 5.75 Å². The Kier molecular flexibility index (Phi) is 6.30. The van der Waals surface area contributed by atoms with Crippen molar-refractivity contribution in [2.75, 3.05) is 30.8 Å². The molecule has 148 valence electrons. The van der Waals surface area contributed by atoms with Crippen molar-refractivity contribution in [1.29, 1.82) is 0 Å². The first kappa shape index (κ1) is 19.9. The zero-order valence-corrected chi connectivity index (χ0v) is 16.7. The van der Waals surface area contributed by atoms with Crippen LogP contribution in [0.2, 0.25) is 0 Å². The van der Waals surface area contributed by atoms with E-state index in [2.05, 4.69) is 10.6 Å². The lowest BCUT2D eigenvalue weighted by Gasteiger charge is -2.31. The minimum atomic E-state index is -0.274. The van der Waals surface area contributed by atoms with Gasteiger partial charge in [-0.3, -0.25) is 14.4 Å². The molecule has 8 heteroatoms. The molecule has 1 fully saturated rings. The van der Waals surface area contributed by atoms with Crippen molar-refractivity contribution in [1.82, 2.24) is 4.90 Å². The van der Waals surface area contributed by atoms with Crippen LogP contribution in [0.3, 0.4) is 0 Å². The van der Waals surface area contributed by atoms with Gasteiger partial charge in [-0.2, -0.15) is 0 Å². The Morgan fingerprint density at radius 3 is 2.71 bits per heavy atom. The Balaban J connectivity index is 1.67. The number of thiophene rings is 1. The summed E-state index contributed by atoms with van der Waals surface area (Å²) < 4.78 is 5.23. The number of hydrogen-bond acceptors (Lipinski definition) is 5. The first-order valence-corrected chi connectivity index (χ1v) is 9.95. The highest BCUT2D eigenvalue weighted by Gasteiger charge is 2.29. The molecule has 1 atom stereocenters. The fourth-order valence-corrected chi connectivity index (χ4v) is 3.94. The number of carbonyl (C=O) groups excluding carboxylic acids is 3. The van der Waals surface area contributed by atoms with Crippen LogP contribution >= 0.6 is 11.3 Å². The quantitative estimate of drug-likeness (QED) is 0.805. The second-order valence-corrected chi connectivity index (χ2v) is 7.60. The van der Waals surface area contributed by atoms with Gasteiger partial charge in [-0.25, -0.2) is 0 Å². The van der Waals surface area contributed by atoms with Gasteiger partial charge in [-0.05, 0) is 42.5 Å². The minimum Gasteiger partial charge on any atom is -0.495 e. The monoisotopic (exact) mass is 401 g/mol. The number of hydrogen-bond donors (Lipinski definition) is 2. The van der Waals surface area contributed by atoms with E-state index in [0.717, 1.165) is 12.8 Å². The third kappa shape index (κ3) is 4.69. The average Bonchev–Trinajstić information content (AvgIpc) is 3.22. The molecule has 1 saturated heterocycles. The fraction of sp³-hybridized carbons (Fsp3) is 0.350. The Labute approximate surface area is 167 Å². The van der Waals surface area contributed by atoms with Crippen LogP contribution in [-0.4, -0.2) is 42.8 Å². The van der Waals surface area contributed by atoms with E-state index in [1.54, 1.807) is 29.2 Å². The molecule has 3 rings (SSSR count). The van der Waals surface area contributed by atoms with Crippen LogP contribution in [0.1, 0.15) is 29.4 Å². The number of anilines is 2. The largest absolute Gasteiger partial charge is 0.495 e. The lowest BCUT2D eigenvalue weighted by molar-refractivity contribution is -0.121. The third-order valence-corrected chi connectivity index (χ3v) is 5.45. The Morgan fingerprint density at radius 1 is 1.21 bits per heavy atom. The lowest BCUT2D eigenvalue weighted by Crippen LogP contribution is -2.43. The van der Waals surface area contributed by atoms with Crippen LogP contribution in [0.15, 0.2) is 35.7 Å². The van der Waals surface area contributed by atoms with E-state index in [9.17, 15) is 14.4 Å². The molecule has 0 aliphatic carbocycles. The Morgan fingerprint density at radius 2 is 2.04 bits per heavy atom. The zero-order valence-electron chi connectivity index (χ0n) is 15.9. The third-order valence-electron chi connectivity index (χ3n) is 4.59. The standard InChI is InChI=1S/C20H23N3O4S/c1-13(24)21-16-11-15(7-8-17(16)27-2)22-19(25)14-5-3-9-23(12-14)20(26)18-6-4-10-28-18/h4,6-8,10-11,14H,3,5,9,12H2,1-2H3,(H,21,24)(H,22,25)/t14-/m0/s1. The van der Waals surface area contributed by atoms with Gasteiger partial charge in [-0.1, -0.05) is 6.07 Å². The highest BCUT2D eigenvalue weighted by atomic mass is 32.1. The summed E-state index contributed by atoms with van der Waals surface area (Å²) in [6.45, 7) is 2.47. The predicted molar refractivity (Wildman–Crippen MR) is 109 cm³/mol. The van der Waals surface area contributed by atoms with Gasteiger partial charge in [0.15, 0.2) is 0 Å². The fourth-order valence-electron chi connectivity index (χ4n) is 3.25. The van der Waals surface area contributed by atoms with Crippen molar-refractivity contribution < 1.29 is 19.1 Å². The van der Waals surface area contributed by atoms with Gasteiger partial charge in [0.1, 0.15) is 5.75 Å². The van der Waals surface area contributed by atoms with Gasteiger partial charge in [-0.15, -0.1) is 11.3 Å². The summed E-state index contributed by atoms with van der Waals surface area (Å²) in [4.78, 5) is 39.1. The molecule has 2 aromatic rings. The number of rotatable bonds is 5. The summed E-state index contributed by atoms with van der Waals surface area (Å²) in [5, 5.41) is 7.45. The lowest BCUT2D eigenvalue weighted by atomic mass is 9.97. The maximum Gasteiger partial charge on any atom is 0.263 e. The van der Waals surface area contributed by atoms with Gasteiger partial charge in [0.2, 0.25) is 11.8 Å². The van der Waals surface area contributed by atoms with E-state index in [-0.39, 0.29) is 23.6 Å². The number of carbonyl (C=O) groups is 3. The van der Waals surface area contributed by atoms with Gasteiger partial charge < -0.3 is 20.3 Å². The molecule has 1 aliphatic heterocycles. The van der Waals surface area contributed by atoms with E-state index in [1.807, 2.05) is 11.4 Å². The first-order chi connectivity index (χ1) is 13.5. The number of amides is 3. The molecule has 1 aromatic heterocycles. The van der Waals surface area contributed by atoms with Crippen LogP contribution in [-0.2, 0) is 9.59 Å². The average molecular weight is 401 g/mol. The number of likely N-dealkylation sites (tertiary alicyclic amines) is 1. The highest BCUT2D eigenvalue weighted by Crippen LogP contribution is 2.29. The Bertz CT molecular complexity index is 866. The molecule has 2 heterocycles. The maximum absolute atomic E-state index is 12.7. The molecule has 0 unspecified atom stereocenters. The van der Waals surface area contributed by atoms with E-state index < -0.39 is 0 Å². The molecule has 1 aliphatic rings. The van der Waals surface area contributed by atoms with Gasteiger partial charge in [0, 0.05) is 25.7 Å². The smallest absolute Gasteiger partial charge is 0.263 e. The normalized spacial score (nSPS) is 16.4. The van der Waals surface area contributed by atoms with E-state index in [4.69, 9.17) is 4.74 Å². The van der Waals surface area contributed by atoms with Crippen molar-refractivity contribution in [3.05, 3.63) is 40.6 Å². The summed E-state index contributed by atoms with van der Waals surface area (Å²) >= 11 is 1.41. The van der Waals surface area contributed by atoms with Crippen LogP contribution in [0.4, 0.5) is 11.4 Å². The van der Waals surface area contributed by atoms with Crippen molar-refractivity contribution in [2.24, 2.45) is 5.92 Å². The van der Waals surface area contributed by atoms with E-state index in [0.29, 0.717) is 35.1 Å². The van der Waals surface area contributed by atoms with Crippen LogP contribution in [0, 0.1) is 5.92 Å². The maximum atomic E-state index is 12.7. The number of nitrogens with zero attached hydrogens (tertiary/aromatic N) is 1. The molecule has 2 N–H and O–H groups in total. The van der Waals surface area contributed by atoms with Gasteiger partial charge in [0.25, 0.3) is 5.91 Å². The summed E-state index contributed by atoms with van der Waals surface area (Å²) in [7, 11) is 1.51. The second-order valence-electron chi connectivity index (χ2n) is 6.65. The number of ether oxygens (including phenoxy) is 1. The number of piperidine rings is 1. The molecule has 0 radical (unpaired) electrons. The number of benzene rings is 1. The van der Waals surface area contributed by atoms with Crippen LogP contribution < -0.4 is 15.4 Å². The molecular weight excluding hydrogens is 378 g/mol. The van der Waals surface area contributed by atoms with Crippen molar-refractivity contribution >= 4 is 40.4 Å². The zero-order chi connectivity index (χ0) is 20.1. The summed E-state index contributed by atoms with van der Waals surface area (Å²) in [5.41, 5.74) is 1.06. The van der Waals surface area contributed by atoms with E-state index >= 15 is 0 Å². The molecule has 3 amide bonds. The van der Waals surface area contributed by atoms with Crippen molar-refractivity contribution in [2.45, 2.75) is 19.8 Å². The van der Waals surface area contributed by atoms with Crippen LogP contribution in [0.5, 0.6) is 5.75 Å². The van der Waals surface area contributed by atoms with Crippen molar-refractivity contribution in [3.63, 3.8) is 0 Å². The molecule has 0 spiro atoms.